The molecule has 0 radical (unpaired) electrons. The van der Waals surface area contributed by atoms with E-state index in [0.29, 0.717) is 11.3 Å². The molecule has 0 fully saturated rings. The molecule has 5 heteroatoms. The van der Waals surface area contributed by atoms with E-state index in [4.69, 9.17) is 4.74 Å². The standard InChI is InChI=1S/C22H27NO4/c1-13(2)16-11-18(14(3)4)20(24)19(12-16)22(26)27-15(5)21(25)23-17-9-7-6-8-10-17/h6-15,24H,1-5H3,(H,23,25)/t15-/m1/s1. The van der Waals surface area contributed by atoms with Gasteiger partial charge in [-0.3, -0.25) is 4.79 Å². The summed E-state index contributed by atoms with van der Waals surface area (Å²) in [6.07, 6.45) is -0.998. The Morgan fingerprint density at radius 1 is 0.963 bits per heavy atom. The molecule has 2 N–H and O–H groups in total. The predicted octanol–water partition coefficient (Wildman–Crippen LogP) is 4.82. The summed E-state index contributed by atoms with van der Waals surface area (Å²) in [7, 11) is 0. The Kier molecular flexibility index (Phi) is 6.61. The first-order valence-corrected chi connectivity index (χ1v) is 9.14. The largest absolute Gasteiger partial charge is 0.507 e. The summed E-state index contributed by atoms with van der Waals surface area (Å²) in [4.78, 5) is 24.9. The highest BCUT2D eigenvalue weighted by molar-refractivity contribution is 5.98. The highest BCUT2D eigenvalue weighted by Gasteiger charge is 2.24. The van der Waals surface area contributed by atoms with Gasteiger partial charge in [0.25, 0.3) is 5.91 Å². The number of aromatic hydroxyl groups is 1. The number of benzene rings is 2. The van der Waals surface area contributed by atoms with Crippen LogP contribution in [0.5, 0.6) is 5.75 Å². The summed E-state index contributed by atoms with van der Waals surface area (Å²) in [6, 6.07) is 12.5. The Morgan fingerprint density at radius 2 is 1.59 bits per heavy atom. The van der Waals surface area contributed by atoms with E-state index >= 15 is 0 Å². The summed E-state index contributed by atoms with van der Waals surface area (Å²) in [5.74, 6) is -0.997. The van der Waals surface area contributed by atoms with Crippen molar-refractivity contribution in [1.29, 1.82) is 0 Å². The Morgan fingerprint density at radius 3 is 2.15 bits per heavy atom. The highest BCUT2D eigenvalue weighted by Crippen LogP contribution is 2.33. The van der Waals surface area contributed by atoms with Gasteiger partial charge in [-0.2, -0.15) is 0 Å². The lowest BCUT2D eigenvalue weighted by molar-refractivity contribution is -0.123. The first kappa shape index (κ1) is 20.5. The molecule has 0 bridgehead atoms. The van der Waals surface area contributed by atoms with Gasteiger partial charge < -0.3 is 15.2 Å². The van der Waals surface area contributed by atoms with Crippen molar-refractivity contribution in [2.75, 3.05) is 5.32 Å². The second-order valence-electron chi connectivity index (χ2n) is 7.22. The molecule has 27 heavy (non-hydrogen) atoms. The van der Waals surface area contributed by atoms with Crippen LogP contribution in [0.25, 0.3) is 0 Å². The van der Waals surface area contributed by atoms with Gasteiger partial charge in [0.05, 0.1) is 0 Å². The summed E-state index contributed by atoms with van der Waals surface area (Å²) >= 11 is 0. The maximum absolute atomic E-state index is 12.6. The Bertz CT molecular complexity index is 813. The van der Waals surface area contributed by atoms with Crippen LogP contribution in [-0.2, 0) is 9.53 Å². The van der Waals surface area contributed by atoms with Crippen LogP contribution in [0.1, 0.15) is 67.9 Å². The van der Waals surface area contributed by atoms with Crippen LogP contribution in [0, 0.1) is 0 Å². The van der Waals surface area contributed by atoms with Gasteiger partial charge in [0.1, 0.15) is 11.3 Å². The van der Waals surface area contributed by atoms with E-state index in [2.05, 4.69) is 5.32 Å². The third-order valence-electron chi connectivity index (χ3n) is 4.36. The van der Waals surface area contributed by atoms with E-state index in [-0.39, 0.29) is 23.1 Å². The normalized spacial score (nSPS) is 12.1. The number of hydrogen-bond acceptors (Lipinski definition) is 4. The summed E-state index contributed by atoms with van der Waals surface area (Å²) < 4.78 is 5.31. The Balaban J connectivity index is 2.20. The fourth-order valence-electron chi connectivity index (χ4n) is 2.65. The maximum Gasteiger partial charge on any atom is 0.342 e. The van der Waals surface area contributed by atoms with E-state index in [1.165, 1.54) is 6.92 Å². The molecule has 2 aromatic carbocycles. The molecule has 0 heterocycles. The molecule has 0 unspecified atom stereocenters. The van der Waals surface area contributed by atoms with Crippen LogP contribution >= 0.6 is 0 Å². The monoisotopic (exact) mass is 369 g/mol. The molecule has 0 aliphatic heterocycles. The fourth-order valence-corrected chi connectivity index (χ4v) is 2.65. The Labute approximate surface area is 160 Å². The topological polar surface area (TPSA) is 75.6 Å². The number of anilines is 1. The van der Waals surface area contributed by atoms with Gasteiger partial charge in [0.15, 0.2) is 6.10 Å². The third-order valence-corrected chi connectivity index (χ3v) is 4.36. The zero-order valence-corrected chi connectivity index (χ0v) is 16.4. The van der Waals surface area contributed by atoms with Gasteiger partial charge in [-0.25, -0.2) is 4.79 Å². The van der Waals surface area contributed by atoms with Crippen molar-refractivity contribution in [3.05, 3.63) is 59.2 Å². The number of phenols is 1. The molecular weight excluding hydrogens is 342 g/mol. The number of hydrogen-bond donors (Lipinski definition) is 2. The minimum absolute atomic E-state index is 0.0500. The zero-order valence-electron chi connectivity index (χ0n) is 16.4. The molecule has 1 atom stereocenters. The summed E-state index contributed by atoms with van der Waals surface area (Å²) in [6.45, 7) is 9.43. The van der Waals surface area contributed by atoms with E-state index in [0.717, 1.165) is 5.56 Å². The van der Waals surface area contributed by atoms with Gasteiger partial charge in [-0.1, -0.05) is 52.0 Å². The average molecular weight is 369 g/mol. The Hall–Kier alpha value is -2.82. The van der Waals surface area contributed by atoms with Crippen molar-refractivity contribution in [1.82, 2.24) is 0 Å². The van der Waals surface area contributed by atoms with E-state index in [1.807, 2.05) is 39.8 Å². The summed E-state index contributed by atoms with van der Waals surface area (Å²) in [5.41, 5.74) is 2.33. The van der Waals surface area contributed by atoms with Gasteiger partial charge >= 0.3 is 5.97 Å². The lowest BCUT2D eigenvalue weighted by atomic mass is 9.92. The van der Waals surface area contributed by atoms with Crippen LogP contribution in [0.15, 0.2) is 42.5 Å². The zero-order chi connectivity index (χ0) is 20.1. The number of para-hydroxylation sites is 1. The number of amides is 1. The molecule has 2 rings (SSSR count). The minimum atomic E-state index is -0.998. The lowest BCUT2D eigenvalue weighted by Crippen LogP contribution is -2.30. The van der Waals surface area contributed by atoms with Crippen molar-refractivity contribution in [2.24, 2.45) is 0 Å². The first-order valence-electron chi connectivity index (χ1n) is 9.14. The number of carbonyl (C=O) groups is 2. The average Bonchev–Trinajstić information content (AvgIpc) is 2.61. The fraction of sp³-hybridized carbons (Fsp3) is 0.364. The molecule has 2 aromatic rings. The quantitative estimate of drug-likeness (QED) is 0.716. The van der Waals surface area contributed by atoms with Gasteiger partial charge in [0, 0.05) is 5.69 Å². The first-order chi connectivity index (χ1) is 12.7. The van der Waals surface area contributed by atoms with Gasteiger partial charge in [0.2, 0.25) is 0 Å². The number of phenolic OH excluding ortho intramolecular Hbond substituents is 1. The van der Waals surface area contributed by atoms with E-state index < -0.39 is 18.0 Å². The summed E-state index contributed by atoms with van der Waals surface area (Å²) in [5, 5.41) is 13.2. The lowest BCUT2D eigenvalue weighted by Gasteiger charge is -2.18. The second-order valence-corrected chi connectivity index (χ2v) is 7.22. The molecule has 0 aromatic heterocycles. The number of esters is 1. The number of rotatable bonds is 6. The van der Waals surface area contributed by atoms with Crippen LogP contribution in [0.3, 0.4) is 0 Å². The van der Waals surface area contributed by atoms with E-state index in [9.17, 15) is 14.7 Å². The minimum Gasteiger partial charge on any atom is -0.507 e. The van der Waals surface area contributed by atoms with Gasteiger partial charge in [-0.05, 0) is 48.1 Å². The van der Waals surface area contributed by atoms with Crippen LogP contribution in [0.4, 0.5) is 5.69 Å². The highest BCUT2D eigenvalue weighted by atomic mass is 16.5. The molecule has 0 saturated heterocycles. The van der Waals surface area contributed by atoms with Crippen molar-refractivity contribution >= 4 is 17.6 Å². The molecule has 0 saturated carbocycles. The van der Waals surface area contributed by atoms with Crippen LogP contribution in [0.2, 0.25) is 0 Å². The van der Waals surface area contributed by atoms with Crippen molar-refractivity contribution < 1.29 is 19.4 Å². The predicted molar refractivity (Wildman–Crippen MR) is 106 cm³/mol. The number of ether oxygens (including phenoxy) is 1. The van der Waals surface area contributed by atoms with Gasteiger partial charge in [-0.15, -0.1) is 0 Å². The van der Waals surface area contributed by atoms with Crippen molar-refractivity contribution in [3.63, 3.8) is 0 Å². The number of carbonyl (C=O) groups excluding carboxylic acids is 2. The SMILES string of the molecule is CC(C)c1cc(C(=O)O[C@H](C)C(=O)Nc2ccccc2)c(O)c(C(C)C)c1. The molecule has 144 valence electrons. The number of nitrogens with one attached hydrogen (secondary N) is 1. The maximum atomic E-state index is 12.6. The molecule has 0 aliphatic rings. The molecule has 1 amide bonds. The van der Waals surface area contributed by atoms with Crippen LogP contribution in [-0.4, -0.2) is 23.1 Å². The van der Waals surface area contributed by atoms with Crippen molar-refractivity contribution in [2.45, 2.75) is 52.6 Å². The molecular formula is C22H27NO4. The second kappa shape index (κ2) is 8.71. The van der Waals surface area contributed by atoms with Crippen molar-refractivity contribution in [3.8, 4) is 5.75 Å². The van der Waals surface area contributed by atoms with E-state index in [1.54, 1.807) is 30.3 Å². The third kappa shape index (κ3) is 5.09. The molecule has 0 aliphatic carbocycles. The van der Waals surface area contributed by atoms with Crippen LogP contribution < -0.4 is 5.32 Å². The molecule has 5 nitrogen and oxygen atoms in total. The molecule has 0 spiro atoms. The smallest absolute Gasteiger partial charge is 0.342 e.